The Morgan fingerprint density at radius 1 is 1.19 bits per heavy atom. The Morgan fingerprint density at radius 3 is 2.59 bits per heavy atom. The van der Waals surface area contributed by atoms with Gasteiger partial charge in [0.2, 0.25) is 0 Å². The second kappa shape index (κ2) is 8.83. The lowest BCUT2D eigenvalue weighted by molar-refractivity contribution is 0.489. The van der Waals surface area contributed by atoms with E-state index in [-0.39, 0.29) is 5.69 Å². The molecule has 2 N–H and O–H groups in total. The summed E-state index contributed by atoms with van der Waals surface area (Å²) in [6.07, 6.45) is 6.19. The highest BCUT2D eigenvalue weighted by atomic mass is 79.9. The highest BCUT2D eigenvalue weighted by Gasteiger charge is 2.16. The van der Waals surface area contributed by atoms with Gasteiger partial charge in [0.05, 0.1) is 42.1 Å². The molecule has 32 heavy (non-hydrogen) atoms. The van der Waals surface area contributed by atoms with Gasteiger partial charge in [0.25, 0.3) is 0 Å². The summed E-state index contributed by atoms with van der Waals surface area (Å²) < 4.78 is 40.6. The molecule has 0 unspecified atom stereocenters. The maximum Gasteiger partial charge on any atom is 0.357 e. The van der Waals surface area contributed by atoms with Crippen molar-refractivity contribution >= 4 is 37.6 Å². The first-order valence-electron chi connectivity index (χ1n) is 9.07. The van der Waals surface area contributed by atoms with E-state index in [1.165, 1.54) is 6.07 Å². The van der Waals surface area contributed by atoms with Crippen molar-refractivity contribution in [3.63, 3.8) is 0 Å². The Bertz CT molecular complexity index is 1380. The number of aromatic nitrogens is 3. The molecule has 10 nitrogen and oxygen atoms in total. The third kappa shape index (κ3) is 4.80. The van der Waals surface area contributed by atoms with Gasteiger partial charge in [-0.1, -0.05) is 6.07 Å². The first-order valence-corrected chi connectivity index (χ1v) is 11.3. The lowest BCUT2D eigenvalue weighted by atomic mass is 10.0. The van der Waals surface area contributed by atoms with Crippen molar-refractivity contribution in [2.45, 2.75) is 6.54 Å². The van der Waals surface area contributed by atoms with Crippen molar-refractivity contribution < 1.29 is 17.4 Å². The van der Waals surface area contributed by atoms with E-state index in [0.29, 0.717) is 22.1 Å². The average molecular weight is 515 g/mol. The van der Waals surface area contributed by atoms with E-state index in [2.05, 4.69) is 32.2 Å². The fourth-order valence-electron chi connectivity index (χ4n) is 3.12. The SMILES string of the molecule is N#Cc1ccc(N(Cc2ccc(NS(=O)(=O)O)c(Br)c2)n2cnnc2)cc1-c1ccoc1. The van der Waals surface area contributed by atoms with E-state index in [0.717, 1.165) is 16.8 Å². The van der Waals surface area contributed by atoms with Crippen LogP contribution in [0.3, 0.4) is 0 Å². The molecule has 2 aromatic heterocycles. The summed E-state index contributed by atoms with van der Waals surface area (Å²) in [5.74, 6) is 0. The van der Waals surface area contributed by atoms with E-state index in [1.54, 1.807) is 54.1 Å². The summed E-state index contributed by atoms with van der Waals surface area (Å²) >= 11 is 3.32. The molecule has 4 rings (SSSR count). The molecule has 0 aliphatic heterocycles. The van der Waals surface area contributed by atoms with Crippen molar-refractivity contribution in [3.05, 3.63) is 83.2 Å². The average Bonchev–Trinajstić information content (AvgIpc) is 3.47. The van der Waals surface area contributed by atoms with Crippen molar-refractivity contribution in [1.29, 1.82) is 5.26 Å². The number of rotatable bonds is 7. The number of furan rings is 1. The second-order valence-electron chi connectivity index (χ2n) is 6.64. The van der Waals surface area contributed by atoms with E-state index in [1.807, 2.05) is 21.9 Å². The number of hydrogen-bond donors (Lipinski definition) is 2. The smallest absolute Gasteiger partial charge is 0.357 e. The number of anilines is 2. The number of benzene rings is 2. The van der Waals surface area contributed by atoms with Gasteiger partial charge in [-0.3, -0.25) is 14.3 Å². The molecule has 0 saturated heterocycles. The minimum Gasteiger partial charge on any atom is -0.472 e. The highest BCUT2D eigenvalue weighted by molar-refractivity contribution is 9.10. The van der Waals surface area contributed by atoms with Crippen LogP contribution in [0.15, 0.2) is 76.5 Å². The molecule has 0 saturated carbocycles. The van der Waals surface area contributed by atoms with Gasteiger partial charge in [0.15, 0.2) is 0 Å². The predicted molar refractivity (Wildman–Crippen MR) is 120 cm³/mol. The molecule has 0 aliphatic rings. The first-order chi connectivity index (χ1) is 15.3. The summed E-state index contributed by atoms with van der Waals surface area (Å²) in [5.41, 5.74) is 3.77. The van der Waals surface area contributed by atoms with Crippen LogP contribution in [-0.2, 0) is 16.8 Å². The summed E-state index contributed by atoms with van der Waals surface area (Å²) in [5, 5.41) is 19.1. The van der Waals surface area contributed by atoms with E-state index >= 15 is 0 Å². The Hall–Kier alpha value is -3.66. The fourth-order valence-corrected chi connectivity index (χ4v) is 4.24. The van der Waals surface area contributed by atoms with Crippen molar-refractivity contribution in [2.75, 3.05) is 9.73 Å². The topological polar surface area (TPSA) is 137 Å². The van der Waals surface area contributed by atoms with Gasteiger partial charge >= 0.3 is 10.3 Å². The minimum atomic E-state index is -4.39. The Labute approximate surface area is 191 Å². The van der Waals surface area contributed by atoms with Crippen LogP contribution in [0.1, 0.15) is 11.1 Å². The molecule has 162 valence electrons. The van der Waals surface area contributed by atoms with Crippen molar-refractivity contribution in [1.82, 2.24) is 14.9 Å². The zero-order valence-corrected chi connectivity index (χ0v) is 18.7. The maximum absolute atomic E-state index is 11.1. The number of nitrogens with one attached hydrogen (secondary N) is 1. The van der Waals surface area contributed by atoms with E-state index in [9.17, 15) is 13.7 Å². The Kier molecular flexibility index (Phi) is 5.95. The minimum absolute atomic E-state index is 0.202. The van der Waals surface area contributed by atoms with Crippen LogP contribution in [0.2, 0.25) is 0 Å². The third-order valence-corrected chi connectivity index (χ3v) is 5.68. The molecular formula is C20H15BrN6O4S. The molecule has 0 atom stereocenters. The van der Waals surface area contributed by atoms with E-state index < -0.39 is 10.3 Å². The largest absolute Gasteiger partial charge is 0.472 e. The van der Waals surface area contributed by atoms with Crippen molar-refractivity contribution in [2.24, 2.45) is 0 Å². The van der Waals surface area contributed by atoms with Gasteiger partial charge in [-0.15, -0.1) is 10.2 Å². The molecule has 0 bridgehead atoms. The quantitative estimate of drug-likeness (QED) is 0.354. The molecule has 2 heterocycles. The fraction of sp³-hybridized carbons (Fsp3) is 0.0500. The normalized spacial score (nSPS) is 11.2. The molecular weight excluding hydrogens is 500 g/mol. The summed E-state index contributed by atoms with van der Waals surface area (Å²) in [6.45, 7) is 0.361. The third-order valence-electron chi connectivity index (χ3n) is 4.54. The molecule has 4 aromatic rings. The molecule has 0 amide bonds. The standard InChI is InChI=1S/C20H15BrN6O4S/c21-19-7-14(1-4-20(19)25-32(28,29)30)10-27(26-12-23-24-13-26)17-3-2-15(9-22)18(8-17)16-5-6-31-11-16/h1-8,11-13,25H,10H2,(H,28,29,30). The van der Waals surface area contributed by atoms with Gasteiger partial charge in [-0.05, 0) is 57.9 Å². The van der Waals surface area contributed by atoms with Crippen LogP contribution in [0.4, 0.5) is 11.4 Å². The van der Waals surface area contributed by atoms with E-state index in [4.69, 9.17) is 8.97 Å². The number of nitriles is 1. The van der Waals surface area contributed by atoms with Crippen LogP contribution in [0.5, 0.6) is 0 Å². The molecule has 0 fully saturated rings. The zero-order valence-electron chi connectivity index (χ0n) is 16.3. The first kappa shape index (κ1) is 21.6. The maximum atomic E-state index is 11.1. The van der Waals surface area contributed by atoms with Crippen LogP contribution >= 0.6 is 15.9 Å². The molecule has 12 heteroatoms. The number of halogens is 1. The predicted octanol–water partition coefficient (Wildman–Crippen LogP) is 3.86. The van der Waals surface area contributed by atoms with Crippen molar-refractivity contribution in [3.8, 4) is 17.2 Å². The molecule has 2 aromatic carbocycles. The van der Waals surface area contributed by atoms with Crippen LogP contribution in [0, 0.1) is 11.3 Å². The van der Waals surface area contributed by atoms with Gasteiger partial charge in [0.1, 0.15) is 12.7 Å². The number of hydrogen-bond acceptors (Lipinski definition) is 7. The molecule has 0 aliphatic carbocycles. The van der Waals surface area contributed by atoms with Gasteiger partial charge in [-0.2, -0.15) is 13.7 Å². The van der Waals surface area contributed by atoms with Crippen LogP contribution in [-0.4, -0.2) is 27.8 Å². The van der Waals surface area contributed by atoms with Gasteiger partial charge in [-0.25, -0.2) is 4.68 Å². The zero-order chi connectivity index (χ0) is 22.7. The lowest BCUT2D eigenvalue weighted by Crippen LogP contribution is -2.28. The van der Waals surface area contributed by atoms with Crippen LogP contribution in [0.25, 0.3) is 11.1 Å². The Balaban J connectivity index is 1.72. The highest BCUT2D eigenvalue weighted by Crippen LogP contribution is 2.31. The summed E-state index contributed by atoms with van der Waals surface area (Å²) in [6, 6.07) is 14.4. The molecule has 0 radical (unpaired) electrons. The lowest BCUT2D eigenvalue weighted by Gasteiger charge is -2.26. The molecule has 0 spiro atoms. The van der Waals surface area contributed by atoms with Gasteiger partial charge in [0, 0.05) is 15.6 Å². The summed E-state index contributed by atoms with van der Waals surface area (Å²) in [4.78, 5) is 0. The summed E-state index contributed by atoms with van der Waals surface area (Å²) in [7, 11) is -4.39. The monoisotopic (exact) mass is 514 g/mol. The Morgan fingerprint density at radius 2 is 1.97 bits per heavy atom. The second-order valence-corrected chi connectivity index (χ2v) is 8.65. The van der Waals surface area contributed by atoms with Gasteiger partial charge < -0.3 is 4.42 Å². The number of nitrogens with zero attached hydrogens (tertiary/aromatic N) is 5. The van der Waals surface area contributed by atoms with Crippen LogP contribution < -0.4 is 9.73 Å².